The molecular weight excluding hydrogens is 452 g/mol. The van der Waals surface area contributed by atoms with Gasteiger partial charge in [0.2, 0.25) is 0 Å². The topological polar surface area (TPSA) is 62.7 Å². The zero-order valence-electron chi connectivity index (χ0n) is 19.8. The van der Waals surface area contributed by atoms with E-state index in [0.29, 0.717) is 13.1 Å². The van der Waals surface area contributed by atoms with Crippen molar-refractivity contribution in [2.75, 3.05) is 13.1 Å². The van der Waals surface area contributed by atoms with E-state index in [-0.39, 0.29) is 12.0 Å². The Kier molecular flexibility index (Phi) is 7.51. The fraction of sp³-hybridized carbons (Fsp3) is 0.462. The number of carboxylic acids is 1. The molecule has 3 heterocycles. The molecule has 2 aromatic heterocycles. The molecular formula is C26H32N2O3S2. The van der Waals surface area contributed by atoms with E-state index < -0.39 is 5.97 Å². The number of rotatable bonds is 10. The number of benzene rings is 1. The highest BCUT2D eigenvalue weighted by Gasteiger charge is 2.32. The van der Waals surface area contributed by atoms with Gasteiger partial charge in [0.05, 0.1) is 21.8 Å². The van der Waals surface area contributed by atoms with Crippen molar-refractivity contribution < 1.29 is 14.6 Å². The zero-order chi connectivity index (χ0) is 23.5. The van der Waals surface area contributed by atoms with Crippen LogP contribution in [0.5, 0.6) is 5.75 Å². The number of hydrogen-bond acceptors (Lipinski definition) is 6. The number of aromatic nitrogens is 1. The van der Waals surface area contributed by atoms with Crippen LogP contribution in [-0.2, 0) is 24.2 Å². The fourth-order valence-electron chi connectivity index (χ4n) is 4.16. The molecule has 5 nitrogen and oxygen atoms in total. The molecule has 176 valence electrons. The van der Waals surface area contributed by atoms with E-state index in [1.165, 1.54) is 31.3 Å². The van der Waals surface area contributed by atoms with E-state index in [2.05, 4.69) is 56.9 Å². The van der Waals surface area contributed by atoms with Crippen molar-refractivity contribution in [3.05, 3.63) is 46.5 Å². The first-order chi connectivity index (χ1) is 15.9. The van der Waals surface area contributed by atoms with Crippen LogP contribution in [0.4, 0.5) is 0 Å². The maximum absolute atomic E-state index is 11.1. The first kappa shape index (κ1) is 23.9. The number of likely N-dealkylation sites (tertiary alicyclic amines) is 1. The number of aryl methyl sites for hydroxylation is 2. The molecule has 0 saturated carbocycles. The van der Waals surface area contributed by atoms with Crippen LogP contribution >= 0.6 is 22.7 Å². The number of thiazole rings is 1. The molecule has 0 unspecified atom stereocenters. The lowest BCUT2D eigenvalue weighted by molar-refractivity contribution is -0.147. The van der Waals surface area contributed by atoms with Gasteiger partial charge in [-0.05, 0) is 67.6 Å². The van der Waals surface area contributed by atoms with Gasteiger partial charge in [0.15, 0.2) is 0 Å². The summed E-state index contributed by atoms with van der Waals surface area (Å²) in [4.78, 5) is 21.8. The van der Waals surface area contributed by atoms with Crippen molar-refractivity contribution >= 4 is 28.6 Å². The summed E-state index contributed by atoms with van der Waals surface area (Å²) in [5.41, 5.74) is 3.76. The molecule has 0 bridgehead atoms. The van der Waals surface area contributed by atoms with Crippen molar-refractivity contribution in [1.29, 1.82) is 0 Å². The summed E-state index contributed by atoms with van der Waals surface area (Å²) in [6.07, 6.45) is 5.18. The van der Waals surface area contributed by atoms with E-state index in [1.807, 2.05) is 6.20 Å². The Bertz CT molecular complexity index is 1110. The van der Waals surface area contributed by atoms with Gasteiger partial charge in [-0.3, -0.25) is 9.69 Å². The fourth-order valence-corrected chi connectivity index (χ4v) is 6.48. The van der Waals surface area contributed by atoms with Crippen LogP contribution in [0.15, 0.2) is 30.5 Å². The standard InChI is InChI=1S/C26H32N2O3S2/c1-5-7-18-10-19(8-9-22(18)31-16(3)4)23-12-27-25(33-23)24-17(6-2)11-21(32-24)15-28-13-20(14-28)26(29)30/h8-12,16,20H,5-7,13-15H2,1-4H3,(H,29,30). The molecule has 1 fully saturated rings. The largest absolute Gasteiger partial charge is 0.491 e. The number of carboxylic acid groups (broad SMARTS) is 1. The molecule has 0 spiro atoms. The lowest BCUT2D eigenvalue weighted by Crippen LogP contribution is -2.49. The maximum Gasteiger partial charge on any atom is 0.309 e. The molecule has 1 aliphatic rings. The highest BCUT2D eigenvalue weighted by Crippen LogP contribution is 2.40. The lowest BCUT2D eigenvalue weighted by atomic mass is 10.0. The summed E-state index contributed by atoms with van der Waals surface area (Å²) < 4.78 is 6.01. The maximum atomic E-state index is 11.1. The summed E-state index contributed by atoms with van der Waals surface area (Å²) in [5, 5.41) is 10.2. The monoisotopic (exact) mass is 484 g/mol. The van der Waals surface area contributed by atoms with Gasteiger partial charge in [-0.25, -0.2) is 4.98 Å². The second kappa shape index (κ2) is 10.4. The normalized spacial score (nSPS) is 14.6. The molecule has 0 atom stereocenters. The van der Waals surface area contributed by atoms with E-state index in [0.717, 1.165) is 36.6 Å². The van der Waals surface area contributed by atoms with Gasteiger partial charge in [0, 0.05) is 30.7 Å². The van der Waals surface area contributed by atoms with Gasteiger partial charge < -0.3 is 9.84 Å². The summed E-state index contributed by atoms with van der Waals surface area (Å²) in [6.45, 7) is 10.6. The van der Waals surface area contributed by atoms with Crippen LogP contribution in [-0.4, -0.2) is 40.2 Å². The predicted molar refractivity (Wildman–Crippen MR) is 136 cm³/mol. The highest BCUT2D eigenvalue weighted by atomic mass is 32.1. The molecule has 4 rings (SSSR count). The van der Waals surface area contributed by atoms with E-state index in [4.69, 9.17) is 14.8 Å². The van der Waals surface area contributed by atoms with Crippen LogP contribution in [0.2, 0.25) is 0 Å². The predicted octanol–water partition coefficient (Wildman–Crippen LogP) is 6.36. The SMILES string of the molecule is CCCc1cc(-c2cnc(-c3sc(CN4CC(C(=O)O)C4)cc3CC)s2)ccc1OC(C)C. The number of nitrogens with zero attached hydrogens (tertiary/aromatic N) is 2. The Hall–Kier alpha value is -2.22. The second-order valence-corrected chi connectivity index (χ2v) is 11.1. The van der Waals surface area contributed by atoms with Gasteiger partial charge >= 0.3 is 5.97 Å². The van der Waals surface area contributed by atoms with Crippen molar-refractivity contribution in [1.82, 2.24) is 9.88 Å². The van der Waals surface area contributed by atoms with Gasteiger partial charge in [-0.2, -0.15) is 0 Å². The van der Waals surface area contributed by atoms with Gasteiger partial charge in [0.25, 0.3) is 0 Å². The summed E-state index contributed by atoms with van der Waals surface area (Å²) in [6, 6.07) is 8.75. The van der Waals surface area contributed by atoms with Crippen molar-refractivity contribution in [2.24, 2.45) is 5.92 Å². The van der Waals surface area contributed by atoms with E-state index >= 15 is 0 Å². The van der Waals surface area contributed by atoms with Gasteiger partial charge in [0.1, 0.15) is 10.8 Å². The summed E-state index contributed by atoms with van der Waals surface area (Å²) in [7, 11) is 0. The Balaban J connectivity index is 1.54. The molecule has 0 radical (unpaired) electrons. The summed E-state index contributed by atoms with van der Waals surface area (Å²) >= 11 is 3.53. The van der Waals surface area contributed by atoms with Gasteiger partial charge in [-0.1, -0.05) is 20.3 Å². The van der Waals surface area contributed by atoms with Crippen LogP contribution < -0.4 is 4.74 Å². The number of carbonyl (C=O) groups is 1. The molecule has 1 aromatic carbocycles. The third-order valence-corrected chi connectivity index (χ3v) is 8.22. The van der Waals surface area contributed by atoms with Crippen LogP contribution in [0.1, 0.15) is 50.1 Å². The first-order valence-electron chi connectivity index (χ1n) is 11.7. The molecule has 3 aromatic rings. The number of thiophene rings is 1. The minimum absolute atomic E-state index is 0.160. The number of hydrogen-bond donors (Lipinski definition) is 1. The molecule has 7 heteroatoms. The Morgan fingerprint density at radius 3 is 2.67 bits per heavy atom. The van der Waals surface area contributed by atoms with E-state index in [1.54, 1.807) is 22.7 Å². The zero-order valence-corrected chi connectivity index (χ0v) is 21.4. The second-order valence-electron chi connectivity index (χ2n) is 8.92. The van der Waals surface area contributed by atoms with Crippen molar-refractivity contribution in [2.45, 2.75) is 59.6 Å². The summed E-state index contributed by atoms with van der Waals surface area (Å²) in [5.74, 6) is 0.0766. The molecule has 1 saturated heterocycles. The Morgan fingerprint density at radius 2 is 2.00 bits per heavy atom. The quantitative estimate of drug-likeness (QED) is 0.363. The minimum atomic E-state index is -0.687. The van der Waals surface area contributed by atoms with Crippen LogP contribution in [0.3, 0.4) is 0 Å². The molecule has 1 aliphatic heterocycles. The van der Waals surface area contributed by atoms with Crippen molar-refractivity contribution in [3.8, 4) is 26.1 Å². The van der Waals surface area contributed by atoms with Crippen LogP contribution in [0, 0.1) is 5.92 Å². The molecule has 33 heavy (non-hydrogen) atoms. The number of aliphatic carboxylic acids is 1. The first-order valence-corrected chi connectivity index (χ1v) is 13.3. The third kappa shape index (κ3) is 5.48. The third-order valence-electron chi connectivity index (χ3n) is 5.85. The molecule has 1 N–H and O–H groups in total. The average Bonchev–Trinajstić information content (AvgIpc) is 3.38. The number of ether oxygens (including phenoxy) is 1. The molecule has 0 amide bonds. The van der Waals surface area contributed by atoms with Gasteiger partial charge in [-0.15, -0.1) is 22.7 Å². The Morgan fingerprint density at radius 1 is 1.21 bits per heavy atom. The van der Waals surface area contributed by atoms with Crippen LogP contribution in [0.25, 0.3) is 20.3 Å². The van der Waals surface area contributed by atoms with E-state index in [9.17, 15) is 4.79 Å². The smallest absolute Gasteiger partial charge is 0.309 e. The minimum Gasteiger partial charge on any atom is -0.491 e. The highest BCUT2D eigenvalue weighted by molar-refractivity contribution is 7.23. The Labute approximate surface area is 204 Å². The average molecular weight is 485 g/mol. The molecule has 0 aliphatic carbocycles. The van der Waals surface area contributed by atoms with Crippen molar-refractivity contribution in [3.63, 3.8) is 0 Å². The lowest BCUT2D eigenvalue weighted by Gasteiger charge is -2.36.